The number of hydrogen-bond acceptors (Lipinski definition) is 2. The molecule has 0 aliphatic heterocycles. The van der Waals surface area contributed by atoms with Crippen LogP contribution in [-0.2, 0) is 4.74 Å². The number of carbonyl (C=O) groups is 1. The summed E-state index contributed by atoms with van der Waals surface area (Å²) in [7, 11) is 0. The number of para-hydroxylation sites is 1. The number of nitrogens with one attached hydrogen (secondary N) is 1. The molecular weight excluding hydrogens is 250 g/mol. The predicted molar refractivity (Wildman–Crippen MR) is 77.4 cm³/mol. The molecule has 20 heavy (non-hydrogen) atoms. The highest BCUT2D eigenvalue weighted by atomic mass is 16.6. The summed E-state index contributed by atoms with van der Waals surface area (Å²) in [6.07, 6.45) is 6.39. The molecule has 1 amide bonds. The Hall–Kier alpha value is -1.51. The maximum atomic E-state index is 12.0. The van der Waals surface area contributed by atoms with Crippen LogP contribution >= 0.6 is 0 Å². The van der Waals surface area contributed by atoms with Crippen LogP contribution in [0.3, 0.4) is 0 Å². The van der Waals surface area contributed by atoms with Gasteiger partial charge in [-0.05, 0) is 61.5 Å². The third-order valence-corrected chi connectivity index (χ3v) is 5.65. The highest BCUT2D eigenvalue weighted by Gasteiger charge is 2.55. The van der Waals surface area contributed by atoms with E-state index in [9.17, 15) is 4.79 Å². The molecule has 4 rings (SSSR count). The monoisotopic (exact) mass is 271 g/mol. The molecule has 3 aliphatic rings. The van der Waals surface area contributed by atoms with Crippen molar-refractivity contribution in [3.63, 3.8) is 0 Å². The molecule has 106 valence electrons. The van der Waals surface area contributed by atoms with Crippen LogP contribution in [-0.4, -0.2) is 12.2 Å². The topological polar surface area (TPSA) is 38.3 Å². The summed E-state index contributed by atoms with van der Waals surface area (Å²) in [6, 6.07) is 9.53. The summed E-state index contributed by atoms with van der Waals surface area (Å²) in [4.78, 5) is 12.0. The standard InChI is InChI=1S/C17H21NO2/c19-17(18-12-5-2-1-3-6-12)20-16-10-11-9-15(16)14-8-4-7-13(11)14/h1-3,5-6,11,13-16H,4,7-10H2,(H,18,19)/t11-,13+,14-,15+,16+/m0/s1. The zero-order valence-corrected chi connectivity index (χ0v) is 11.6. The molecule has 1 aromatic rings. The third kappa shape index (κ3) is 2.00. The number of rotatable bonds is 2. The Morgan fingerprint density at radius 2 is 1.85 bits per heavy atom. The summed E-state index contributed by atoms with van der Waals surface area (Å²) < 4.78 is 5.71. The van der Waals surface area contributed by atoms with E-state index in [0.717, 1.165) is 29.9 Å². The van der Waals surface area contributed by atoms with Crippen LogP contribution < -0.4 is 5.32 Å². The van der Waals surface area contributed by atoms with Crippen molar-refractivity contribution in [2.75, 3.05) is 5.32 Å². The van der Waals surface area contributed by atoms with Gasteiger partial charge in [-0.15, -0.1) is 0 Å². The Bertz CT molecular complexity index is 501. The smallest absolute Gasteiger partial charge is 0.411 e. The number of fused-ring (bicyclic) bond motifs is 5. The van der Waals surface area contributed by atoms with Crippen LogP contribution in [0.4, 0.5) is 10.5 Å². The van der Waals surface area contributed by atoms with Gasteiger partial charge in [0.2, 0.25) is 0 Å². The van der Waals surface area contributed by atoms with Gasteiger partial charge in [0.15, 0.2) is 0 Å². The van der Waals surface area contributed by atoms with Crippen molar-refractivity contribution in [2.45, 2.75) is 38.2 Å². The van der Waals surface area contributed by atoms with Crippen LogP contribution in [0.15, 0.2) is 30.3 Å². The highest BCUT2D eigenvalue weighted by Crippen LogP contribution is 2.59. The number of carbonyl (C=O) groups excluding carboxylic acids is 1. The molecule has 3 heteroatoms. The number of anilines is 1. The highest BCUT2D eigenvalue weighted by molar-refractivity contribution is 5.84. The van der Waals surface area contributed by atoms with Crippen molar-refractivity contribution in [1.82, 2.24) is 0 Å². The first kappa shape index (κ1) is 12.2. The quantitative estimate of drug-likeness (QED) is 0.881. The minimum Gasteiger partial charge on any atom is -0.446 e. The van der Waals surface area contributed by atoms with E-state index in [1.165, 1.54) is 25.7 Å². The summed E-state index contributed by atoms with van der Waals surface area (Å²) in [5, 5.41) is 2.83. The second-order valence-electron chi connectivity index (χ2n) is 6.59. The molecule has 0 spiro atoms. The van der Waals surface area contributed by atoms with Crippen LogP contribution in [0.1, 0.15) is 32.1 Å². The molecule has 2 bridgehead atoms. The average molecular weight is 271 g/mol. The lowest BCUT2D eigenvalue weighted by Gasteiger charge is -2.31. The Balaban J connectivity index is 1.37. The van der Waals surface area contributed by atoms with E-state index in [4.69, 9.17) is 4.74 Å². The molecule has 3 aliphatic carbocycles. The number of amides is 1. The van der Waals surface area contributed by atoms with Gasteiger partial charge < -0.3 is 4.74 Å². The van der Waals surface area contributed by atoms with Gasteiger partial charge >= 0.3 is 6.09 Å². The molecule has 1 N–H and O–H groups in total. The van der Waals surface area contributed by atoms with Gasteiger partial charge in [0.25, 0.3) is 0 Å². The summed E-state index contributed by atoms with van der Waals surface area (Å²) in [6.45, 7) is 0. The molecule has 3 fully saturated rings. The predicted octanol–water partition coefficient (Wildman–Crippen LogP) is 4.06. The molecule has 3 saturated carbocycles. The number of benzene rings is 1. The van der Waals surface area contributed by atoms with E-state index < -0.39 is 0 Å². The van der Waals surface area contributed by atoms with Crippen molar-refractivity contribution >= 4 is 11.8 Å². The molecule has 5 atom stereocenters. The van der Waals surface area contributed by atoms with E-state index in [-0.39, 0.29) is 12.2 Å². The minimum atomic E-state index is -0.289. The van der Waals surface area contributed by atoms with Gasteiger partial charge in [0, 0.05) is 5.69 Å². The Labute approximate surface area is 119 Å². The molecule has 3 nitrogen and oxygen atoms in total. The first-order chi connectivity index (χ1) is 9.81. The normalized spacial score (nSPS) is 37.7. The summed E-state index contributed by atoms with van der Waals surface area (Å²) in [5.41, 5.74) is 0.805. The van der Waals surface area contributed by atoms with Gasteiger partial charge in [-0.25, -0.2) is 4.79 Å². The Morgan fingerprint density at radius 1 is 1.05 bits per heavy atom. The van der Waals surface area contributed by atoms with E-state index in [2.05, 4.69) is 5.32 Å². The maximum Gasteiger partial charge on any atom is 0.411 e. The maximum absolute atomic E-state index is 12.0. The lowest BCUT2D eigenvalue weighted by molar-refractivity contribution is 0.0431. The zero-order valence-electron chi connectivity index (χ0n) is 11.6. The second kappa shape index (κ2) is 4.80. The second-order valence-corrected chi connectivity index (χ2v) is 6.59. The van der Waals surface area contributed by atoms with Gasteiger partial charge in [-0.3, -0.25) is 5.32 Å². The minimum absolute atomic E-state index is 0.156. The molecule has 0 heterocycles. The van der Waals surface area contributed by atoms with Crippen LogP contribution in [0.5, 0.6) is 0 Å². The van der Waals surface area contributed by atoms with Gasteiger partial charge in [0.05, 0.1) is 0 Å². The molecular formula is C17H21NO2. The zero-order chi connectivity index (χ0) is 13.5. The summed E-state index contributed by atoms with van der Waals surface area (Å²) in [5.74, 6) is 3.23. The summed E-state index contributed by atoms with van der Waals surface area (Å²) >= 11 is 0. The van der Waals surface area contributed by atoms with Gasteiger partial charge in [-0.1, -0.05) is 24.6 Å². The average Bonchev–Trinajstić information content (AvgIpc) is 3.11. The fourth-order valence-electron chi connectivity index (χ4n) is 4.95. The van der Waals surface area contributed by atoms with Gasteiger partial charge in [0.1, 0.15) is 6.10 Å². The van der Waals surface area contributed by atoms with Crippen molar-refractivity contribution in [1.29, 1.82) is 0 Å². The van der Waals surface area contributed by atoms with Crippen molar-refractivity contribution in [3.8, 4) is 0 Å². The lowest BCUT2D eigenvalue weighted by atomic mass is 9.80. The SMILES string of the molecule is O=C(Nc1ccccc1)O[C@@H]1C[C@@H]2C[C@@H]1[C@H]1CCC[C@H]21. The lowest BCUT2D eigenvalue weighted by Crippen LogP contribution is -2.33. The van der Waals surface area contributed by atoms with Crippen LogP contribution in [0, 0.1) is 23.7 Å². The van der Waals surface area contributed by atoms with E-state index >= 15 is 0 Å². The largest absolute Gasteiger partial charge is 0.446 e. The number of ether oxygens (including phenoxy) is 1. The molecule has 1 aromatic carbocycles. The Kier molecular flexibility index (Phi) is 2.94. The van der Waals surface area contributed by atoms with Crippen LogP contribution in [0.2, 0.25) is 0 Å². The van der Waals surface area contributed by atoms with E-state index in [1.54, 1.807) is 0 Å². The molecule has 0 radical (unpaired) electrons. The first-order valence-corrected chi connectivity index (χ1v) is 7.84. The molecule has 0 unspecified atom stereocenters. The van der Waals surface area contributed by atoms with Crippen molar-refractivity contribution in [2.24, 2.45) is 23.7 Å². The Morgan fingerprint density at radius 3 is 2.70 bits per heavy atom. The fraction of sp³-hybridized carbons (Fsp3) is 0.588. The third-order valence-electron chi connectivity index (χ3n) is 5.65. The van der Waals surface area contributed by atoms with Crippen LogP contribution in [0.25, 0.3) is 0 Å². The number of hydrogen-bond donors (Lipinski definition) is 1. The molecule has 0 aromatic heterocycles. The molecule has 0 saturated heterocycles. The fourth-order valence-corrected chi connectivity index (χ4v) is 4.95. The van der Waals surface area contributed by atoms with Crippen molar-refractivity contribution < 1.29 is 9.53 Å². The van der Waals surface area contributed by atoms with Gasteiger partial charge in [-0.2, -0.15) is 0 Å². The van der Waals surface area contributed by atoms with E-state index in [0.29, 0.717) is 5.92 Å². The van der Waals surface area contributed by atoms with Crippen molar-refractivity contribution in [3.05, 3.63) is 30.3 Å². The van der Waals surface area contributed by atoms with E-state index in [1.807, 2.05) is 30.3 Å². The first-order valence-electron chi connectivity index (χ1n) is 7.84.